The number of carbonyl (C=O) groups excluding carboxylic acids is 1. The third-order valence-corrected chi connectivity index (χ3v) is 5.23. The van der Waals surface area contributed by atoms with Crippen molar-refractivity contribution in [2.45, 2.75) is 27.3 Å². The molecule has 0 atom stereocenters. The van der Waals surface area contributed by atoms with Crippen molar-refractivity contribution in [3.05, 3.63) is 70.9 Å². The molecule has 4 aromatic rings. The first-order chi connectivity index (χ1) is 13.0. The Morgan fingerprint density at radius 2 is 2.07 bits per heavy atom. The first kappa shape index (κ1) is 17.4. The molecule has 0 saturated heterocycles. The van der Waals surface area contributed by atoms with Gasteiger partial charge in [-0.05, 0) is 49.6 Å². The van der Waals surface area contributed by atoms with E-state index in [0.29, 0.717) is 17.4 Å². The summed E-state index contributed by atoms with van der Waals surface area (Å²) in [5.41, 5.74) is 4.37. The summed E-state index contributed by atoms with van der Waals surface area (Å²) in [7, 11) is 0. The molecule has 3 aromatic heterocycles. The van der Waals surface area contributed by atoms with Gasteiger partial charge in [0.2, 0.25) is 0 Å². The standard InChI is InChI=1S/C20H18N4O2S/c1-12-7-13(2)18-17(8-12)27-20(22-18)24(11-15-5-4-6-21-10-15)19(25)16-9-14(3)26-23-16/h4-10H,11H2,1-3H3. The van der Waals surface area contributed by atoms with Crippen LogP contribution in [0.25, 0.3) is 10.2 Å². The molecule has 3 heterocycles. The van der Waals surface area contributed by atoms with Crippen LogP contribution < -0.4 is 4.90 Å². The Kier molecular flexibility index (Phi) is 4.45. The Labute approximate surface area is 160 Å². The number of aromatic nitrogens is 3. The number of carbonyl (C=O) groups is 1. The van der Waals surface area contributed by atoms with Gasteiger partial charge in [0.05, 0.1) is 16.8 Å². The van der Waals surface area contributed by atoms with E-state index < -0.39 is 0 Å². The molecule has 0 radical (unpaired) electrons. The molecule has 136 valence electrons. The Morgan fingerprint density at radius 1 is 1.22 bits per heavy atom. The van der Waals surface area contributed by atoms with Crippen LogP contribution in [0.4, 0.5) is 5.13 Å². The van der Waals surface area contributed by atoms with Gasteiger partial charge in [-0.15, -0.1) is 0 Å². The second-order valence-electron chi connectivity index (χ2n) is 6.50. The maximum Gasteiger partial charge on any atom is 0.282 e. The van der Waals surface area contributed by atoms with E-state index in [2.05, 4.69) is 29.2 Å². The third kappa shape index (κ3) is 3.46. The zero-order valence-corrected chi connectivity index (χ0v) is 16.1. The Bertz CT molecular complexity index is 1120. The molecule has 1 amide bonds. The number of hydrogen-bond donors (Lipinski definition) is 0. The zero-order valence-electron chi connectivity index (χ0n) is 15.3. The van der Waals surface area contributed by atoms with Gasteiger partial charge in [0.1, 0.15) is 5.76 Å². The predicted molar refractivity (Wildman–Crippen MR) is 105 cm³/mol. The highest BCUT2D eigenvalue weighted by Gasteiger charge is 2.24. The second-order valence-corrected chi connectivity index (χ2v) is 7.51. The molecule has 0 bridgehead atoms. The van der Waals surface area contributed by atoms with Crippen molar-refractivity contribution in [3.63, 3.8) is 0 Å². The lowest BCUT2D eigenvalue weighted by Gasteiger charge is -2.18. The summed E-state index contributed by atoms with van der Waals surface area (Å²) in [6.45, 7) is 6.21. The summed E-state index contributed by atoms with van der Waals surface area (Å²) >= 11 is 1.50. The normalized spacial score (nSPS) is 11.1. The average Bonchev–Trinajstić information content (AvgIpc) is 3.26. The maximum atomic E-state index is 13.1. The van der Waals surface area contributed by atoms with Crippen LogP contribution in [0.1, 0.15) is 32.9 Å². The number of pyridine rings is 1. The van der Waals surface area contributed by atoms with Crippen LogP contribution in [0.3, 0.4) is 0 Å². The molecular formula is C20H18N4O2S. The fourth-order valence-electron chi connectivity index (χ4n) is 2.98. The van der Waals surface area contributed by atoms with E-state index in [9.17, 15) is 4.79 Å². The maximum absolute atomic E-state index is 13.1. The molecule has 1 aromatic carbocycles. The molecule has 0 saturated carbocycles. The van der Waals surface area contributed by atoms with Gasteiger partial charge in [-0.25, -0.2) is 4.98 Å². The summed E-state index contributed by atoms with van der Waals surface area (Å²) in [5, 5.41) is 4.52. The van der Waals surface area contributed by atoms with Crippen LogP contribution in [0.5, 0.6) is 0 Å². The Hall–Kier alpha value is -3.06. The number of nitrogens with zero attached hydrogens (tertiary/aromatic N) is 4. The van der Waals surface area contributed by atoms with Crippen LogP contribution in [0, 0.1) is 20.8 Å². The fourth-order valence-corrected chi connectivity index (χ4v) is 4.12. The van der Waals surface area contributed by atoms with Crippen LogP contribution in [-0.2, 0) is 6.54 Å². The minimum Gasteiger partial charge on any atom is -0.361 e. The smallest absolute Gasteiger partial charge is 0.282 e. The molecule has 0 spiro atoms. The summed E-state index contributed by atoms with van der Waals surface area (Å²) in [5.74, 6) is 0.347. The van der Waals surface area contributed by atoms with E-state index in [1.807, 2.05) is 19.1 Å². The molecule has 0 aliphatic carbocycles. The number of thiazole rings is 1. The lowest BCUT2D eigenvalue weighted by atomic mass is 10.1. The highest BCUT2D eigenvalue weighted by molar-refractivity contribution is 7.22. The minimum absolute atomic E-state index is 0.246. The first-order valence-electron chi connectivity index (χ1n) is 8.53. The van der Waals surface area contributed by atoms with Crippen LogP contribution in [0.15, 0.2) is 47.2 Å². The number of rotatable bonds is 4. The third-order valence-electron chi connectivity index (χ3n) is 4.21. The van der Waals surface area contributed by atoms with E-state index in [1.54, 1.807) is 30.3 Å². The minimum atomic E-state index is -0.246. The van der Waals surface area contributed by atoms with E-state index >= 15 is 0 Å². The van der Waals surface area contributed by atoms with E-state index in [0.717, 1.165) is 21.3 Å². The number of amides is 1. The summed E-state index contributed by atoms with van der Waals surface area (Å²) in [6.07, 6.45) is 3.46. The van der Waals surface area contributed by atoms with Crippen LogP contribution in [-0.4, -0.2) is 21.0 Å². The SMILES string of the molecule is Cc1cc(C)c2nc(N(Cc3cccnc3)C(=O)c3cc(C)on3)sc2c1. The zero-order chi connectivity index (χ0) is 19.0. The van der Waals surface area contributed by atoms with Crippen molar-refractivity contribution in [2.24, 2.45) is 0 Å². The van der Waals surface area contributed by atoms with Crippen molar-refractivity contribution < 1.29 is 9.32 Å². The molecule has 0 fully saturated rings. The van der Waals surface area contributed by atoms with E-state index in [4.69, 9.17) is 9.51 Å². The molecule has 0 unspecified atom stereocenters. The van der Waals surface area contributed by atoms with Crippen molar-refractivity contribution in [1.29, 1.82) is 0 Å². The van der Waals surface area contributed by atoms with Gasteiger partial charge in [-0.1, -0.05) is 28.6 Å². The topological polar surface area (TPSA) is 72.1 Å². The Balaban J connectivity index is 1.79. The van der Waals surface area contributed by atoms with Crippen LogP contribution in [0.2, 0.25) is 0 Å². The van der Waals surface area contributed by atoms with Crippen molar-refractivity contribution in [2.75, 3.05) is 4.90 Å². The number of benzene rings is 1. The predicted octanol–water partition coefficient (Wildman–Crippen LogP) is 4.45. The fraction of sp³-hybridized carbons (Fsp3) is 0.200. The number of anilines is 1. The largest absolute Gasteiger partial charge is 0.361 e. The molecule has 0 aliphatic rings. The van der Waals surface area contributed by atoms with Crippen molar-refractivity contribution in [3.8, 4) is 0 Å². The lowest BCUT2D eigenvalue weighted by Crippen LogP contribution is -2.30. The Morgan fingerprint density at radius 3 is 2.78 bits per heavy atom. The van der Waals surface area contributed by atoms with Gasteiger partial charge >= 0.3 is 0 Å². The first-order valence-corrected chi connectivity index (χ1v) is 9.35. The number of hydrogen-bond acceptors (Lipinski definition) is 6. The average molecular weight is 378 g/mol. The van der Waals surface area contributed by atoms with Gasteiger partial charge in [0.15, 0.2) is 10.8 Å². The molecule has 7 heteroatoms. The lowest BCUT2D eigenvalue weighted by molar-refractivity contribution is 0.0976. The van der Waals surface area contributed by atoms with Crippen molar-refractivity contribution in [1.82, 2.24) is 15.1 Å². The molecule has 6 nitrogen and oxygen atoms in total. The van der Waals surface area contributed by atoms with E-state index in [-0.39, 0.29) is 11.6 Å². The van der Waals surface area contributed by atoms with E-state index in [1.165, 1.54) is 16.9 Å². The molecule has 0 N–H and O–H groups in total. The van der Waals surface area contributed by atoms with Gasteiger partial charge in [0, 0.05) is 18.5 Å². The monoisotopic (exact) mass is 378 g/mol. The molecule has 0 aliphatic heterocycles. The van der Waals surface area contributed by atoms with Gasteiger partial charge in [-0.3, -0.25) is 14.7 Å². The number of fused-ring (bicyclic) bond motifs is 1. The summed E-state index contributed by atoms with van der Waals surface area (Å²) < 4.78 is 6.15. The highest BCUT2D eigenvalue weighted by atomic mass is 32.1. The highest BCUT2D eigenvalue weighted by Crippen LogP contribution is 2.33. The number of aryl methyl sites for hydroxylation is 3. The van der Waals surface area contributed by atoms with Gasteiger partial charge in [-0.2, -0.15) is 0 Å². The van der Waals surface area contributed by atoms with Gasteiger partial charge in [0.25, 0.3) is 5.91 Å². The molecule has 27 heavy (non-hydrogen) atoms. The quantitative estimate of drug-likeness (QED) is 0.524. The molecular weight excluding hydrogens is 360 g/mol. The summed E-state index contributed by atoms with van der Waals surface area (Å²) in [4.78, 5) is 23.7. The van der Waals surface area contributed by atoms with Gasteiger partial charge < -0.3 is 4.52 Å². The van der Waals surface area contributed by atoms with Crippen LogP contribution >= 0.6 is 11.3 Å². The molecule has 4 rings (SSSR count). The van der Waals surface area contributed by atoms with Crippen molar-refractivity contribution >= 4 is 32.6 Å². The summed E-state index contributed by atoms with van der Waals surface area (Å²) in [6, 6.07) is 9.62. The second kappa shape index (κ2) is 6.92.